The van der Waals surface area contributed by atoms with Crippen molar-refractivity contribution in [3.63, 3.8) is 0 Å². The minimum Gasteiger partial charge on any atom is -0.395 e. The van der Waals surface area contributed by atoms with Gasteiger partial charge in [0.05, 0.1) is 24.5 Å². The number of hydrogen-bond donors (Lipinski definition) is 3. The number of halogens is 1. The summed E-state index contributed by atoms with van der Waals surface area (Å²) in [5.41, 5.74) is 5.16. The fourth-order valence-corrected chi connectivity index (χ4v) is 2.88. The molecule has 2 aromatic heterocycles. The standard InChI is InChI=1S/C13H14FN5O2/c1-2-13(5-20)4-7(3-8(13)21)19-6-16-9-10(15)17-12(14)18-11(9)19/h1,6-8,20-21H,3-5H2,(H2,15,17,18)/t7-,8-,13+/m1/s1. The summed E-state index contributed by atoms with van der Waals surface area (Å²) < 4.78 is 15.0. The monoisotopic (exact) mass is 291 g/mol. The van der Waals surface area contributed by atoms with Crippen LogP contribution < -0.4 is 5.73 Å². The van der Waals surface area contributed by atoms with Crippen molar-refractivity contribution in [1.29, 1.82) is 0 Å². The third kappa shape index (κ3) is 1.93. The van der Waals surface area contributed by atoms with Crippen LogP contribution in [0, 0.1) is 23.8 Å². The number of nitrogens with zero attached hydrogens (tertiary/aromatic N) is 4. The summed E-state index contributed by atoms with van der Waals surface area (Å²) in [6.45, 7) is -0.320. The summed E-state index contributed by atoms with van der Waals surface area (Å²) in [5, 5.41) is 19.6. The van der Waals surface area contributed by atoms with Crippen molar-refractivity contribution in [3.8, 4) is 12.3 Å². The fraction of sp³-hybridized carbons (Fsp3) is 0.462. The number of fused-ring (bicyclic) bond motifs is 1. The normalized spacial score (nSPS) is 28.9. The van der Waals surface area contributed by atoms with E-state index in [4.69, 9.17) is 12.2 Å². The third-order valence-electron chi connectivity index (χ3n) is 4.12. The molecular weight excluding hydrogens is 277 g/mol. The molecule has 110 valence electrons. The van der Waals surface area contributed by atoms with E-state index >= 15 is 0 Å². The fourth-order valence-electron chi connectivity index (χ4n) is 2.88. The van der Waals surface area contributed by atoms with Crippen LogP contribution in [0.4, 0.5) is 10.2 Å². The van der Waals surface area contributed by atoms with Gasteiger partial charge in [-0.2, -0.15) is 14.4 Å². The SMILES string of the molecule is C#C[C@@]1(CO)C[C@H](n2cnc3c(N)nc(F)nc32)C[C@H]1O. The Kier molecular flexibility index (Phi) is 3.04. The maximum absolute atomic E-state index is 13.3. The Hall–Kier alpha value is -2.24. The molecule has 0 aliphatic heterocycles. The van der Waals surface area contributed by atoms with Crippen LogP contribution in [0.5, 0.6) is 0 Å². The number of anilines is 1. The number of nitrogen functional groups attached to an aromatic ring is 1. The number of hydrogen-bond acceptors (Lipinski definition) is 6. The molecule has 0 amide bonds. The van der Waals surface area contributed by atoms with E-state index in [0.29, 0.717) is 18.4 Å². The summed E-state index contributed by atoms with van der Waals surface area (Å²) >= 11 is 0. The molecule has 2 aromatic rings. The lowest BCUT2D eigenvalue weighted by atomic mass is 9.86. The Balaban J connectivity index is 2.05. The van der Waals surface area contributed by atoms with E-state index in [1.165, 1.54) is 6.33 Å². The van der Waals surface area contributed by atoms with Crippen molar-refractivity contribution in [2.75, 3.05) is 12.3 Å². The lowest BCUT2D eigenvalue weighted by molar-refractivity contribution is 0.0475. The van der Waals surface area contributed by atoms with Crippen molar-refractivity contribution in [3.05, 3.63) is 12.4 Å². The predicted octanol–water partition coefficient (Wildman–Crippen LogP) is -0.145. The number of terminal acetylenes is 1. The zero-order valence-corrected chi connectivity index (χ0v) is 11.1. The molecule has 3 atom stereocenters. The van der Waals surface area contributed by atoms with E-state index in [9.17, 15) is 14.6 Å². The molecule has 1 fully saturated rings. The Morgan fingerprint density at radius 2 is 2.33 bits per heavy atom. The average Bonchev–Trinajstić information content (AvgIpc) is 3.00. The molecule has 3 rings (SSSR count). The van der Waals surface area contributed by atoms with Gasteiger partial charge in [0.25, 0.3) is 0 Å². The molecule has 2 heterocycles. The molecule has 1 aliphatic rings. The molecular formula is C13H14FN5O2. The topological polar surface area (TPSA) is 110 Å². The smallest absolute Gasteiger partial charge is 0.312 e. The number of aliphatic hydroxyl groups excluding tert-OH is 2. The largest absolute Gasteiger partial charge is 0.395 e. The van der Waals surface area contributed by atoms with E-state index in [-0.39, 0.29) is 24.1 Å². The minimum atomic E-state index is -1.00. The number of aromatic nitrogens is 4. The number of aliphatic hydroxyl groups is 2. The molecule has 0 radical (unpaired) electrons. The summed E-state index contributed by atoms with van der Waals surface area (Å²) in [4.78, 5) is 11.2. The van der Waals surface area contributed by atoms with Gasteiger partial charge in [-0.05, 0) is 12.8 Å². The summed E-state index contributed by atoms with van der Waals surface area (Å²) in [5.74, 6) is 2.43. The summed E-state index contributed by atoms with van der Waals surface area (Å²) in [6.07, 6.45) is 5.79. The van der Waals surface area contributed by atoms with Gasteiger partial charge < -0.3 is 20.5 Å². The first-order chi connectivity index (χ1) is 10.0. The van der Waals surface area contributed by atoms with E-state index < -0.39 is 17.6 Å². The van der Waals surface area contributed by atoms with Gasteiger partial charge in [-0.15, -0.1) is 6.42 Å². The molecule has 0 bridgehead atoms. The van der Waals surface area contributed by atoms with Gasteiger partial charge in [-0.25, -0.2) is 4.98 Å². The first-order valence-corrected chi connectivity index (χ1v) is 6.43. The van der Waals surface area contributed by atoms with Crippen LogP contribution in [0.25, 0.3) is 11.2 Å². The molecule has 21 heavy (non-hydrogen) atoms. The van der Waals surface area contributed by atoms with Gasteiger partial charge in [0.2, 0.25) is 0 Å². The van der Waals surface area contributed by atoms with Gasteiger partial charge in [-0.3, -0.25) is 0 Å². The van der Waals surface area contributed by atoms with Gasteiger partial charge in [0, 0.05) is 6.04 Å². The number of rotatable bonds is 2. The Bertz CT molecular complexity index is 740. The highest BCUT2D eigenvalue weighted by Crippen LogP contribution is 2.44. The minimum absolute atomic E-state index is 0.0415. The maximum atomic E-state index is 13.3. The van der Waals surface area contributed by atoms with Crippen LogP contribution in [-0.2, 0) is 0 Å². The molecule has 7 nitrogen and oxygen atoms in total. The van der Waals surface area contributed by atoms with Crippen molar-refractivity contribution in [2.45, 2.75) is 25.0 Å². The second-order valence-electron chi connectivity index (χ2n) is 5.27. The van der Waals surface area contributed by atoms with E-state index in [2.05, 4.69) is 20.9 Å². The summed E-state index contributed by atoms with van der Waals surface area (Å²) in [7, 11) is 0. The van der Waals surface area contributed by atoms with Gasteiger partial charge in [0.1, 0.15) is 5.52 Å². The van der Waals surface area contributed by atoms with Gasteiger partial charge in [-0.1, -0.05) is 5.92 Å². The average molecular weight is 291 g/mol. The van der Waals surface area contributed by atoms with Crippen LogP contribution in [0.15, 0.2) is 6.33 Å². The van der Waals surface area contributed by atoms with E-state index in [1.54, 1.807) is 4.57 Å². The molecule has 4 N–H and O–H groups in total. The lowest BCUT2D eigenvalue weighted by Gasteiger charge is -2.23. The molecule has 1 aliphatic carbocycles. The van der Waals surface area contributed by atoms with E-state index in [0.717, 1.165) is 0 Å². The van der Waals surface area contributed by atoms with Crippen molar-refractivity contribution in [2.24, 2.45) is 5.41 Å². The highest BCUT2D eigenvalue weighted by molar-refractivity contribution is 5.81. The molecule has 0 spiro atoms. The second kappa shape index (κ2) is 4.65. The maximum Gasteiger partial charge on any atom is 0.312 e. The van der Waals surface area contributed by atoms with Crippen LogP contribution >= 0.6 is 0 Å². The number of nitrogens with two attached hydrogens (primary N) is 1. The highest BCUT2D eigenvalue weighted by atomic mass is 19.1. The summed E-state index contributed by atoms with van der Waals surface area (Å²) in [6, 6.07) is -0.248. The van der Waals surface area contributed by atoms with Crippen LogP contribution in [0.1, 0.15) is 18.9 Å². The molecule has 0 saturated heterocycles. The second-order valence-corrected chi connectivity index (χ2v) is 5.27. The number of imidazole rings is 1. The van der Waals surface area contributed by atoms with Crippen LogP contribution in [-0.4, -0.2) is 42.4 Å². The Morgan fingerprint density at radius 1 is 1.57 bits per heavy atom. The van der Waals surface area contributed by atoms with E-state index in [1.807, 2.05) is 0 Å². The Morgan fingerprint density at radius 3 is 2.95 bits per heavy atom. The first-order valence-electron chi connectivity index (χ1n) is 6.43. The quantitative estimate of drug-likeness (QED) is 0.524. The van der Waals surface area contributed by atoms with Crippen molar-refractivity contribution >= 4 is 17.0 Å². The first kappa shape index (κ1) is 13.7. The van der Waals surface area contributed by atoms with Crippen LogP contribution in [0.3, 0.4) is 0 Å². The molecule has 1 saturated carbocycles. The zero-order valence-electron chi connectivity index (χ0n) is 11.1. The molecule has 0 aromatic carbocycles. The molecule has 8 heteroatoms. The Labute approximate surface area is 119 Å². The van der Waals surface area contributed by atoms with Crippen LogP contribution in [0.2, 0.25) is 0 Å². The van der Waals surface area contributed by atoms with Gasteiger partial charge in [0.15, 0.2) is 11.5 Å². The molecule has 0 unspecified atom stereocenters. The van der Waals surface area contributed by atoms with Gasteiger partial charge >= 0.3 is 6.08 Å². The third-order valence-corrected chi connectivity index (χ3v) is 4.12. The predicted molar refractivity (Wildman–Crippen MR) is 72.3 cm³/mol. The van der Waals surface area contributed by atoms with Crippen molar-refractivity contribution < 1.29 is 14.6 Å². The highest BCUT2D eigenvalue weighted by Gasteiger charge is 2.46. The van der Waals surface area contributed by atoms with Crippen molar-refractivity contribution in [1.82, 2.24) is 19.5 Å². The lowest BCUT2D eigenvalue weighted by Crippen LogP contribution is -2.31. The zero-order chi connectivity index (χ0) is 15.2.